The van der Waals surface area contributed by atoms with Crippen LogP contribution in [0.1, 0.15) is 15.9 Å². The minimum Gasteiger partial charge on any atom is -1.00 e. The summed E-state index contributed by atoms with van der Waals surface area (Å²) in [7, 11) is 4.01. The Labute approximate surface area is 153 Å². The first-order valence-corrected chi connectivity index (χ1v) is 7.49. The van der Waals surface area contributed by atoms with Crippen LogP contribution in [0.3, 0.4) is 0 Å². The van der Waals surface area contributed by atoms with Gasteiger partial charge in [0.15, 0.2) is 0 Å². The van der Waals surface area contributed by atoms with Crippen LogP contribution in [0.5, 0.6) is 0 Å². The smallest absolute Gasteiger partial charge is 0.216 e. The lowest BCUT2D eigenvalue weighted by Gasteiger charge is -2.26. The van der Waals surface area contributed by atoms with Gasteiger partial charge in [-0.1, -0.05) is 35.7 Å². The summed E-state index contributed by atoms with van der Waals surface area (Å²) in [5.41, 5.74) is 1.68. The Morgan fingerprint density at radius 2 is 1.65 bits per heavy atom. The Bertz CT molecular complexity index is 700. The molecular weight excluding hydrogens is 374 g/mol. The molecule has 0 saturated heterocycles. The van der Waals surface area contributed by atoms with Crippen molar-refractivity contribution in [1.82, 2.24) is 0 Å². The number of carbonyl (C=O) groups excluding carboxylic acids is 1. The summed E-state index contributed by atoms with van der Waals surface area (Å²) in [6, 6.07) is 16.9. The van der Waals surface area contributed by atoms with Crippen molar-refractivity contribution in [2.24, 2.45) is 0 Å². The highest BCUT2D eigenvalue weighted by molar-refractivity contribution is 6.30. The molecule has 0 aliphatic rings. The molecular formula is C19H19BrClNO. The minimum absolute atomic E-state index is 0. The van der Waals surface area contributed by atoms with Crippen LogP contribution in [0.25, 0.3) is 0 Å². The van der Waals surface area contributed by atoms with Gasteiger partial charge in [-0.25, -0.2) is 0 Å². The lowest BCUT2D eigenvalue weighted by Crippen LogP contribution is -3.00. The van der Waals surface area contributed by atoms with Gasteiger partial charge < -0.3 is 21.5 Å². The monoisotopic (exact) mass is 391 g/mol. The number of carbonyl (C=O) groups is 1. The van der Waals surface area contributed by atoms with Crippen LogP contribution >= 0.6 is 11.6 Å². The molecule has 4 heteroatoms. The Morgan fingerprint density at radius 1 is 1.04 bits per heavy atom. The van der Waals surface area contributed by atoms with Gasteiger partial charge in [-0.05, 0) is 42.3 Å². The van der Waals surface area contributed by atoms with Crippen LogP contribution in [0, 0.1) is 11.8 Å². The zero-order chi connectivity index (χ0) is 16.0. The third kappa shape index (κ3) is 6.58. The van der Waals surface area contributed by atoms with Gasteiger partial charge in [0.25, 0.3) is 0 Å². The summed E-state index contributed by atoms with van der Waals surface area (Å²) in [6.07, 6.45) is 0. The summed E-state index contributed by atoms with van der Waals surface area (Å²) in [6.45, 7) is 1.03. The van der Waals surface area contributed by atoms with E-state index in [0.29, 0.717) is 28.2 Å². The summed E-state index contributed by atoms with van der Waals surface area (Å²) in [4.78, 5) is 12.3. The maximum absolute atomic E-state index is 12.3. The Morgan fingerprint density at radius 3 is 2.26 bits per heavy atom. The summed E-state index contributed by atoms with van der Waals surface area (Å²) in [5.74, 6) is 6.38. The first-order valence-electron chi connectivity index (χ1n) is 7.11. The first-order chi connectivity index (χ1) is 10.5. The van der Waals surface area contributed by atoms with Crippen molar-refractivity contribution < 1.29 is 26.3 Å². The molecule has 2 nitrogen and oxygen atoms in total. The zero-order valence-corrected chi connectivity index (χ0v) is 15.6. The molecule has 0 heterocycles. The standard InChI is InChI=1S/C19H19ClNO.BrH/c1-21(2,14-6-9-16-7-4-3-5-8-16)15-19(22)17-10-12-18(20)13-11-17;/h3-5,7-8,10-13H,14-15H2,1-2H3;1H/q+1;/p-1. The van der Waals surface area contributed by atoms with E-state index in [1.54, 1.807) is 24.3 Å². The molecule has 0 saturated carbocycles. The molecule has 120 valence electrons. The van der Waals surface area contributed by atoms with Crippen LogP contribution in [0.4, 0.5) is 0 Å². The Hall–Kier alpha value is -1.60. The van der Waals surface area contributed by atoms with Crippen molar-refractivity contribution >= 4 is 17.4 Å². The fraction of sp³-hybridized carbons (Fsp3) is 0.211. The number of nitrogens with zero attached hydrogens (tertiary/aromatic N) is 1. The molecule has 0 unspecified atom stereocenters. The molecule has 2 aromatic rings. The maximum Gasteiger partial charge on any atom is 0.216 e. The quantitative estimate of drug-likeness (QED) is 0.424. The summed E-state index contributed by atoms with van der Waals surface area (Å²) < 4.78 is 0.529. The van der Waals surface area contributed by atoms with E-state index in [0.717, 1.165) is 5.56 Å². The lowest BCUT2D eigenvalue weighted by atomic mass is 10.1. The fourth-order valence-electron chi connectivity index (χ4n) is 2.05. The molecule has 0 amide bonds. The normalized spacial score (nSPS) is 10.2. The van der Waals surface area contributed by atoms with Crippen LogP contribution in [0.2, 0.25) is 5.02 Å². The van der Waals surface area contributed by atoms with Gasteiger partial charge in [0, 0.05) is 16.1 Å². The third-order valence-corrected chi connectivity index (χ3v) is 3.50. The minimum atomic E-state index is 0. The number of rotatable bonds is 4. The second kappa shape index (κ2) is 8.88. The molecule has 0 aromatic heterocycles. The van der Waals surface area contributed by atoms with E-state index in [1.165, 1.54) is 0 Å². The van der Waals surface area contributed by atoms with Crippen LogP contribution in [-0.2, 0) is 0 Å². The van der Waals surface area contributed by atoms with Crippen LogP contribution in [0.15, 0.2) is 54.6 Å². The number of halogens is 2. The van der Waals surface area contributed by atoms with Gasteiger partial charge in [0.2, 0.25) is 5.78 Å². The number of ketones is 1. The van der Waals surface area contributed by atoms with Gasteiger partial charge in [0.1, 0.15) is 13.1 Å². The van der Waals surface area contributed by atoms with Gasteiger partial charge in [-0.15, -0.1) is 0 Å². The molecule has 0 atom stereocenters. The SMILES string of the molecule is C[N+](C)(CC#Cc1ccccc1)CC(=O)c1ccc(Cl)cc1.[Br-]. The Kier molecular flexibility index (Phi) is 7.51. The average Bonchev–Trinajstić information content (AvgIpc) is 2.48. The van der Waals surface area contributed by atoms with Crippen LogP contribution < -0.4 is 17.0 Å². The molecule has 0 N–H and O–H groups in total. The van der Waals surface area contributed by atoms with E-state index in [4.69, 9.17) is 11.6 Å². The van der Waals surface area contributed by atoms with E-state index in [-0.39, 0.29) is 22.8 Å². The lowest BCUT2D eigenvalue weighted by molar-refractivity contribution is -0.874. The largest absolute Gasteiger partial charge is 1.00 e. The van der Waals surface area contributed by atoms with E-state index in [9.17, 15) is 4.79 Å². The van der Waals surface area contributed by atoms with Gasteiger partial charge >= 0.3 is 0 Å². The molecule has 2 aromatic carbocycles. The van der Waals surface area contributed by atoms with Crippen molar-refractivity contribution in [3.63, 3.8) is 0 Å². The highest BCUT2D eigenvalue weighted by atomic mass is 79.9. The molecule has 0 bridgehead atoms. The molecule has 0 aliphatic carbocycles. The predicted molar refractivity (Wildman–Crippen MR) is 90.9 cm³/mol. The number of Topliss-reactive ketones (excluding diaryl/α,β-unsaturated/α-hetero) is 1. The number of likely N-dealkylation sites (N-methyl/N-ethyl adjacent to an activating group) is 1. The zero-order valence-electron chi connectivity index (χ0n) is 13.2. The summed E-state index contributed by atoms with van der Waals surface area (Å²) >= 11 is 5.84. The van der Waals surface area contributed by atoms with Crippen molar-refractivity contribution in [2.75, 3.05) is 27.2 Å². The highest BCUT2D eigenvalue weighted by Crippen LogP contribution is 2.11. The number of benzene rings is 2. The van der Waals surface area contributed by atoms with E-state index in [2.05, 4.69) is 11.8 Å². The van der Waals surface area contributed by atoms with Crippen molar-refractivity contribution in [2.45, 2.75) is 0 Å². The predicted octanol–water partition coefficient (Wildman–Crippen LogP) is 0.655. The van der Waals surface area contributed by atoms with Crippen molar-refractivity contribution in [3.8, 4) is 11.8 Å². The van der Waals surface area contributed by atoms with Gasteiger partial charge in [-0.3, -0.25) is 4.79 Å². The number of hydrogen-bond acceptors (Lipinski definition) is 1. The number of hydrogen-bond donors (Lipinski definition) is 0. The third-order valence-electron chi connectivity index (χ3n) is 3.25. The molecule has 0 spiro atoms. The van der Waals surface area contributed by atoms with Gasteiger partial charge in [0.05, 0.1) is 14.1 Å². The molecule has 0 radical (unpaired) electrons. The van der Waals surface area contributed by atoms with Crippen molar-refractivity contribution in [3.05, 3.63) is 70.7 Å². The van der Waals surface area contributed by atoms with Gasteiger partial charge in [-0.2, -0.15) is 0 Å². The second-order valence-corrected chi connectivity index (χ2v) is 6.29. The molecule has 2 rings (SSSR count). The second-order valence-electron chi connectivity index (χ2n) is 5.85. The average molecular weight is 393 g/mol. The first kappa shape index (κ1) is 19.4. The topological polar surface area (TPSA) is 17.1 Å². The van der Waals surface area contributed by atoms with Crippen LogP contribution in [-0.4, -0.2) is 37.5 Å². The fourth-order valence-corrected chi connectivity index (χ4v) is 2.17. The van der Waals surface area contributed by atoms with E-state index < -0.39 is 0 Å². The molecule has 0 aliphatic heterocycles. The Balaban J connectivity index is 0.00000264. The van der Waals surface area contributed by atoms with E-state index in [1.807, 2.05) is 44.4 Å². The maximum atomic E-state index is 12.3. The number of quaternary nitrogens is 1. The highest BCUT2D eigenvalue weighted by Gasteiger charge is 2.20. The molecule has 23 heavy (non-hydrogen) atoms. The summed E-state index contributed by atoms with van der Waals surface area (Å²) in [5, 5.41) is 0.638. The van der Waals surface area contributed by atoms with E-state index >= 15 is 0 Å². The molecule has 0 fully saturated rings. The van der Waals surface area contributed by atoms with Crippen molar-refractivity contribution in [1.29, 1.82) is 0 Å².